The van der Waals surface area contributed by atoms with Crippen molar-refractivity contribution in [2.24, 2.45) is 0 Å². The molecule has 11 heteroatoms. The zero-order chi connectivity index (χ0) is 23.4. The number of amides is 2. The molecule has 3 heterocycles. The van der Waals surface area contributed by atoms with E-state index < -0.39 is 30.0 Å². The summed E-state index contributed by atoms with van der Waals surface area (Å²) in [6, 6.07) is 7.79. The third-order valence-electron chi connectivity index (χ3n) is 5.45. The van der Waals surface area contributed by atoms with Crippen LogP contribution in [0.3, 0.4) is 0 Å². The van der Waals surface area contributed by atoms with E-state index in [1.54, 1.807) is 29.6 Å². The van der Waals surface area contributed by atoms with Crippen LogP contribution in [0.15, 0.2) is 35.7 Å². The number of rotatable bonds is 8. The number of ether oxygens (including phenoxy) is 2. The van der Waals surface area contributed by atoms with Crippen LogP contribution in [0.1, 0.15) is 34.2 Å². The number of morpholine rings is 1. The number of carbonyl (C=O) groups excluding carboxylic acids is 3. The van der Waals surface area contributed by atoms with Crippen molar-refractivity contribution in [1.82, 2.24) is 10.4 Å². The molecule has 176 valence electrons. The van der Waals surface area contributed by atoms with Crippen molar-refractivity contribution in [1.29, 1.82) is 0 Å². The van der Waals surface area contributed by atoms with Crippen molar-refractivity contribution in [3.05, 3.63) is 57.2 Å². The van der Waals surface area contributed by atoms with Crippen LogP contribution < -0.4 is 10.2 Å². The Bertz CT molecular complexity index is 1010. The lowest BCUT2D eigenvalue weighted by Crippen LogP contribution is -2.35. The fourth-order valence-electron chi connectivity index (χ4n) is 3.73. The van der Waals surface area contributed by atoms with Gasteiger partial charge >= 0.3 is 6.09 Å². The lowest BCUT2D eigenvalue weighted by molar-refractivity contribution is -0.129. The largest absolute Gasteiger partial charge is 0.756 e. The van der Waals surface area contributed by atoms with Crippen LogP contribution in [0.4, 0.5) is 14.9 Å². The maximum absolute atomic E-state index is 14.7. The Morgan fingerprint density at radius 1 is 1.30 bits per heavy atom. The predicted molar refractivity (Wildman–Crippen MR) is 119 cm³/mol. The molecule has 2 unspecified atom stereocenters. The summed E-state index contributed by atoms with van der Waals surface area (Å²) in [5.74, 6) is -1.47. The molecule has 0 radical (unpaired) electrons. The second-order valence-corrected chi connectivity index (χ2v) is 8.69. The highest BCUT2D eigenvalue weighted by Crippen LogP contribution is 2.28. The first-order chi connectivity index (χ1) is 15.9. The van der Waals surface area contributed by atoms with E-state index in [0.717, 1.165) is 0 Å². The van der Waals surface area contributed by atoms with Gasteiger partial charge in [-0.2, -0.15) is 0 Å². The zero-order valence-corrected chi connectivity index (χ0v) is 18.5. The number of thiophene rings is 1. The third-order valence-corrected chi connectivity index (χ3v) is 6.36. The third kappa shape index (κ3) is 5.56. The molecule has 1 N–H and O–H groups in total. The first-order valence-corrected chi connectivity index (χ1v) is 11.4. The molecule has 2 saturated heterocycles. The van der Waals surface area contributed by atoms with Crippen LogP contribution in [0.25, 0.3) is 0 Å². The van der Waals surface area contributed by atoms with E-state index in [4.69, 9.17) is 9.47 Å². The average molecular weight is 477 g/mol. The van der Waals surface area contributed by atoms with E-state index in [1.165, 1.54) is 22.3 Å². The standard InChI is InChI=1S/C22H23FN3O6S/c23-17-10-14(3-4-16(17)19-11-24-7-8-31-19)25-12-15(32-22(25)29)13-26(30)21(28)6-5-18(27)20-2-1-9-33-20/h1-4,9-10,15,19,24H,5-8,11-13H2/q-1. The number of anilines is 1. The number of carbonyl (C=O) groups is 3. The topological polar surface area (TPSA) is 111 Å². The van der Waals surface area contributed by atoms with Gasteiger partial charge in [0.05, 0.1) is 29.8 Å². The number of nitrogens with one attached hydrogen (secondary N) is 1. The molecule has 2 aliphatic heterocycles. The van der Waals surface area contributed by atoms with Crippen molar-refractivity contribution < 1.29 is 28.2 Å². The van der Waals surface area contributed by atoms with Gasteiger partial charge in [-0.3, -0.25) is 14.5 Å². The van der Waals surface area contributed by atoms with E-state index in [9.17, 15) is 24.0 Å². The number of cyclic esters (lactones) is 1. The van der Waals surface area contributed by atoms with Crippen molar-refractivity contribution in [3.8, 4) is 0 Å². The van der Waals surface area contributed by atoms with E-state index >= 15 is 0 Å². The van der Waals surface area contributed by atoms with Crippen LogP contribution in [-0.2, 0) is 14.3 Å². The van der Waals surface area contributed by atoms with Gasteiger partial charge in [0.2, 0.25) is 5.91 Å². The Morgan fingerprint density at radius 2 is 2.15 bits per heavy atom. The van der Waals surface area contributed by atoms with E-state index in [1.807, 2.05) is 0 Å². The van der Waals surface area contributed by atoms with Gasteiger partial charge in [-0.05, 0) is 23.6 Å². The normalized spacial score (nSPS) is 20.5. The highest BCUT2D eigenvalue weighted by atomic mass is 32.1. The minimum absolute atomic E-state index is 0.000744. The number of hydrogen-bond acceptors (Lipinski definition) is 8. The Hall–Kier alpha value is -2.86. The molecule has 2 fully saturated rings. The van der Waals surface area contributed by atoms with E-state index in [-0.39, 0.29) is 42.5 Å². The molecular weight excluding hydrogens is 453 g/mol. The lowest BCUT2D eigenvalue weighted by Gasteiger charge is -2.30. The first kappa shape index (κ1) is 23.3. The maximum atomic E-state index is 14.7. The Kier molecular flexibility index (Phi) is 7.33. The van der Waals surface area contributed by atoms with Crippen LogP contribution in [0, 0.1) is 11.0 Å². The molecule has 0 saturated carbocycles. The lowest BCUT2D eigenvalue weighted by atomic mass is 10.1. The van der Waals surface area contributed by atoms with Crippen LogP contribution in [0.2, 0.25) is 0 Å². The molecule has 33 heavy (non-hydrogen) atoms. The molecule has 0 spiro atoms. The minimum Gasteiger partial charge on any atom is -0.756 e. The predicted octanol–water partition coefficient (Wildman–Crippen LogP) is 2.86. The SMILES string of the molecule is O=C(CCC(=O)N([O-])CC1CN(c2ccc(C3CNCCO3)c(F)c2)C(=O)O1)c1cccs1. The molecule has 0 bridgehead atoms. The Balaban J connectivity index is 1.31. The minimum atomic E-state index is -0.861. The van der Waals surface area contributed by atoms with Crippen molar-refractivity contribution in [3.63, 3.8) is 0 Å². The first-order valence-electron chi connectivity index (χ1n) is 10.6. The van der Waals surface area contributed by atoms with Gasteiger partial charge in [-0.25, -0.2) is 9.18 Å². The van der Waals surface area contributed by atoms with Gasteiger partial charge in [-0.1, -0.05) is 12.1 Å². The summed E-state index contributed by atoms with van der Waals surface area (Å²) in [6.07, 6.45) is -2.29. The molecule has 1 aromatic heterocycles. The molecule has 1 aromatic carbocycles. The Labute approximate surface area is 193 Å². The van der Waals surface area contributed by atoms with Gasteiger partial charge < -0.3 is 25.1 Å². The highest BCUT2D eigenvalue weighted by Gasteiger charge is 2.33. The quantitative estimate of drug-likeness (QED) is 0.461. The van der Waals surface area contributed by atoms with Crippen LogP contribution in [0.5, 0.6) is 0 Å². The van der Waals surface area contributed by atoms with Crippen molar-refractivity contribution >= 4 is 34.8 Å². The van der Waals surface area contributed by atoms with E-state index in [2.05, 4.69) is 5.32 Å². The number of hydroxylamine groups is 2. The van der Waals surface area contributed by atoms with Gasteiger partial charge in [0.25, 0.3) is 0 Å². The fraction of sp³-hybridized carbons (Fsp3) is 0.409. The molecule has 2 amide bonds. The second kappa shape index (κ2) is 10.4. The molecule has 9 nitrogen and oxygen atoms in total. The zero-order valence-electron chi connectivity index (χ0n) is 17.7. The average Bonchev–Trinajstić information content (AvgIpc) is 3.48. The number of benzene rings is 1. The molecular formula is C22H23FN3O6S-. The number of halogens is 1. The summed E-state index contributed by atoms with van der Waals surface area (Å²) >= 11 is 1.27. The monoisotopic (exact) mass is 476 g/mol. The number of nitrogens with zero attached hydrogens (tertiary/aromatic N) is 2. The summed E-state index contributed by atoms with van der Waals surface area (Å²) in [4.78, 5) is 38.1. The van der Waals surface area contributed by atoms with Gasteiger partial charge in [-0.15, -0.1) is 11.3 Å². The maximum Gasteiger partial charge on any atom is 0.414 e. The number of ketones is 1. The highest BCUT2D eigenvalue weighted by molar-refractivity contribution is 7.12. The molecule has 2 aliphatic rings. The molecule has 0 aliphatic carbocycles. The molecule has 4 rings (SSSR count). The van der Waals surface area contributed by atoms with Crippen molar-refractivity contribution in [2.75, 3.05) is 37.7 Å². The number of Topliss-reactive ketones (excluding diaryl/α,β-unsaturated/α-hetero) is 1. The van der Waals surface area contributed by atoms with Gasteiger partial charge in [0.15, 0.2) is 5.78 Å². The smallest absolute Gasteiger partial charge is 0.414 e. The van der Waals surface area contributed by atoms with Crippen LogP contribution in [-0.4, -0.2) is 61.7 Å². The summed E-state index contributed by atoms with van der Waals surface area (Å²) in [6.45, 7) is 1.33. The molecule has 2 atom stereocenters. The van der Waals surface area contributed by atoms with Gasteiger partial charge in [0.1, 0.15) is 11.9 Å². The number of hydrogen-bond donors (Lipinski definition) is 1. The van der Waals surface area contributed by atoms with Crippen LogP contribution >= 0.6 is 11.3 Å². The fourth-order valence-corrected chi connectivity index (χ4v) is 4.42. The van der Waals surface area contributed by atoms with Crippen molar-refractivity contribution in [2.45, 2.75) is 25.0 Å². The van der Waals surface area contributed by atoms with E-state index in [0.29, 0.717) is 30.1 Å². The summed E-state index contributed by atoms with van der Waals surface area (Å²) < 4.78 is 25.4. The summed E-state index contributed by atoms with van der Waals surface area (Å²) in [5, 5.41) is 17.3. The van der Waals surface area contributed by atoms with Gasteiger partial charge in [0, 0.05) is 38.0 Å². The molecule has 2 aromatic rings. The summed E-state index contributed by atoms with van der Waals surface area (Å²) in [5.41, 5.74) is 0.682. The second-order valence-electron chi connectivity index (χ2n) is 7.74. The Morgan fingerprint density at radius 3 is 2.85 bits per heavy atom. The summed E-state index contributed by atoms with van der Waals surface area (Å²) in [7, 11) is 0.